The van der Waals surface area contributed by atoms with Crippen LogP contribution >= 0.6 is 34.7 Å². The van der Waals surface area contributed by atoms with E-state index in [1.165, 1.54) is 11.3 Å². The van der Waals surface area contributed by atoms with Gasteiger partial charge in [0.05, 0.1) is 5.88 Å². The van der Waals surface area contributed by atoms with Crippen molar-refractivity contribution in [2.45, 2.75) is 17.2 Å². The van der Waals surface area contributed by atoms with E-state index in [9.17, 15) is 8.42 Å². The number of alkyl halides is 1. The van der Waals surface area contributed by atoms with Crippen molar-refractivity contribution in [3.05, 3.63) is 29.1 Å². The molecule has 0 unspecified atom stereocenters. The van der Waals surface area contributed by atoms with E-state index in [1.54, 1.807) is 4.31 Å². The minimum Gasteiger partial charge on any atom is -0.207 e. The number of benzene rings is 1. The van der Waals surface area contributed by atoms with Crippen LogP contribution in [0.2, 0.25) is 0 Å². The predicted molar refractivity (Wildman–Crippen MR) is 92.1 cm³/mol. The molecule has 7 heteroatoms. The maximum atomic E-state index is 13.1. The molecule has 0 saturated carbocycles. The molecule has 0 N–H and O–H groups in total. The summed E-state index contributed by atoms with van der Waals surface area (Å²) in [5.74, 6) is 2.12. The highest BCUT2D eigenvalue weighted by molar-refractivity contribution is 7.99. The number of thioether (sulfide) groups is 1. The summed E-state index contributed by atoms with van der Waals surface area (Å²) in [7, 11) is -3.47. The second-order valence-corrected chi connectivity index (χ2v) is 9.36. The number of hydrogen-bond acceptors (Lipinski definition) is 4. The lowest BCUT2D eigenvalue weighted by Crippen LogP contribution is -2.33. The van der Waals surface area contributed by atoms with E-state index < -0.39 is 10.0 Å². The maximum absolute atomic E-state index is 13.1. The van der Waals surface area contributed by atoms with Gasteiger partial charge < -0.3 is 0 Å². The molecule has 1 saturated heterocycles. The average Bonchev–Trinajstić information content (AvgIpc) is 2.66. The fourth-order valence-electron chi connectivity index (χ4n) is 2.54. The van der Waals surface area contributed by atoms with Gasteiger partial charge in [-0.3, -0.25) is 0 Å². The molecule has 0 radical (unpaired) electrons. The minimum absolute atomic E-state index is 0.233. The van der Waals surface area contributed by atoms with Gasteiger partial charge in [0.25, 0.3) is 0 Å². The minimum atomic E-state index is -3.47. The van der Waals surface area contributed by atoms with Gasteiger partial charge in [0.15, 0.2) is 0 Å². The van der Waals surface area contributed by atoms with Crippen LogP contribution < -0.4 is 0 Å². The Morgan fingerprint density at radius 2 is 2.00 bits per heavy atom. The van der Waals surface area contributed by atoms with Crippen molar-refractivity contribution >= 4 is 54.8 Å². The SMILES string of the molecule is O=S(=O)(c1c(CCl)sc2ccccc12)N1CCCSCC1. The van der Waals surface area contributed by atoms with Gasteiger partial charge in [-0.25, -0.2) is 8.42 Å². The summed E-state index contributed by atoms with van der Waals surface area (Å²) in [5.41, 5.74) is 0. The molecule has 3 rings (SSSR count). The largest absolute Gasteiger partial charge is 0.244 e. The molecule has 0 aliphatic carbocycles. The molecule has 0 atom stereocenters. The number of thiophene rings is 1. The summed E-state index contributed by atoms with van der Waals surface area (Å²) in [5, 5.41) is 0.801. The molecule has 0 bridgehead atoms. The average molecular weight is 362 g/mol. The van der Waals surface area contributed by atoms with Crippen LogP contribution in [0, 0.1) is 0 Å². The second-order valence-electron chi connectivity index (χ2n) is 4.85. The molecule has 114 valence electrons. The summed E-state index contributed by atoms with van der Waals surface area (Å²) >= 11 is 9.30. The second kappa shape index (κ2) is 6.46. The third-order valence-corrected chi connectivity index (χ3v) is 8.32. The Morgan fingerprint density at radius 1 is 1.19 bits per heavy atom. The Morgan fingerprint density at radius 3 is 2.81 bits per heavy atom. The lowest BCUT2D eigenvalue weighted by Gasteiger charge is -2.20. The fourth-order valence-corrected chi connectivity index (χ4v) is 7.14. The van der Waals surface area contributed by atoms with Gasteiger partial charge >= 0.3 is 0 Å². The topological polar surface area (TPSA) is 37.4 Å². The van der Waals surface area contributed by atoms with Crippen LogP contribution in [-0.2, 0) is 15.9 Å². The molecule has 3 nitrogen and oxygen atoms in total. The number of nitrogens with zero attached hydrogens (tertiary/aromatic N) is 1. The smallest absolute Gasteiger partial charge is 0.207 e. The van der Waals surface area contributed by atoms with E-state index in [-0.39, 0.29) is 5.88 Å². The van der Waals surface area contributed by atoms with Gasteiger partial charge in [-0.15, -0.1) is 22.9 Å². The molecule has 0 amide bonds. The first-order valence-corrected chi connectivity index (χ1v) is 10.7. The van der Waals surface area contributed by atoms with Crippen molar-refractivity contribution in [2.75, 3.05) is 24.6 Å². The quantitative estimate of drug-likeness (QED) is 0.781. The Bertz CT molecular complexity index is 734. The summed E-state index contributed by atoms with van der Waals surface area (Å²) in [6, 6.07) is 7.63. The van der Waals surface area contributed by atoms with Crippen LogP contribution in [0.5, 0.6) is 0 Å². The predicted octanol–water partition coefficient (Wildman–Crippen LogP) is 3.77. The summed E-state index contributed by atoms with van der Waals surface area (Å²) in [6.45, 7) is 1.18. The number of rotatable bonds is 3. The molecule has 21 heavy (non-hydrogen) atoms. The zero-order chi connectivity index (χ0) is 14.9. The highest BCUT2D eigenvalue weighted by Crippen LogP contribution is 2.37. The third-order valence-electron chi connectivity index (χ3n) is 3.52. The van der Waals surface area contributed by atoms with Gasteiger partial charge in [-0.05, 0) is 18.2 Å². The Balaban J connectivity index is 2.13. The van der Waals surface area contributed by atoms with Crippen molar-refractivity contribution in [1.29, 1.82) is 0 Å². The molecule has 1 aliphatic heterocycles. The fraction of sp³-hybridized carbons (Fsp3) is 0.429. The lowest BCUT2D eigenvalue weighted by molar-refractivity contribution is 0.435. The van der Waals surface area contributed by atoms with Crippen LogP contribution in [0.3, 0.4) is 0 Å². The number of halogens is 1. The van der Waals surface area contributed by atoms with Gasteiger partial charge in [-0.2, -0.15) is 16.1 Å². The first-order valence-electron chi connectivity index (χ1n) is 6.79. The van der Waals surface area contributed by atoms with Crippen LogP contribution in [-0.4, -0.2) is 37.3 Å². The number of fused-ring (bicyclic) bond motifs is 1. The molecule has 1 aliphatic rings. The zero-order valence-electron chi connectivity index (χ0n) is 11.4. The molecular formula is C14H16ClNO2S3. The van der Waals surface area contributed by atoms with E-state index in [1.807, 2.05) is 36.0 Å². The monoisotopic (exact) mass is 361 g/mol. The van der Waals surface area contributed by atoms with Crippen LogP contribution in [0.1, 0.15) is 11.3 Å². The lowest BCUT2D eigenvalue weighted by atomic mass is 10.2. The van der Waals surface area contributed by atoms with Crippen molar-refractivity contribution in [1.82, 2.24) is 4.31 Å². The number of hydrogen-bond donors (Lipinski definition) is 0. The maximum Gasteiger partial charge on any atom is 0.244 e. The van der Waals surface area contributed by atoms with E-state index in [2.05, 4.69) is 0 Å². The van der Waals surface area contributed by atoms with Crippen molar-refractivity contribution < 1.29 is 8.42 Å². The molecule has 1 aromatic carbocycles. The zero-order valence-corrected chi connectivity index (χ0v) is 14.6. The molecule has 0 spiro atoms. The van der Waals surface area contributed by atoms with Crippen LogP contribution in [0.25, 0.3) is 10.1 Å². The Hall–Kier alpha value is -0.270. The van der Waals surface area contributed by atoms with E-state index in [0.29, 0.717) is 18.0 Å². The third kappa shape index (κ3) is 2.97. The summed E-state index contributed by atoms with van der Waals surface area (Å²) in [6.07, 6.45) is 0.905. The normalized spacial score (nSPS) is 18.0. The summed E-state index contributed by atoms with van der Waals surface area (Å²) in [4.78, 5) is 1.17. The first kappa shape index (κ1) is 15.6. The Labute approximate surface area is 138 Å². The molecular weight excluding hydrogens is 346 g/mol. The Kier molecular flexibility index (Phi) is 4.81. The van der Waals surface area contributed by atoms with E-state index >= 15 is 0 Å². The molecule has 1 aromatic heterocycles. The standard InChI is InChI=1S/C14H16ClNO2S3/c15-10-13-14(11-4-1-2-5-12(11)20-13)21(17,18)16-6-3-8-19-9-7-16/h1-2,4-5H,3,6-10H2. The highest BCUT2D eigenvalue weighted by atomic mass is 35.5. The summed E-state index contributed by atoms with van der Waals surface area (Å²) < 4.78 is 28.7. The van der Waals surface area contributed by atoms with Crippen molar-refractivity contribution in [3.8, 4) is 0 Å². The van der Waals surface area contributed by atoms with Crippen molar-refractivity contribution in [2.24, 2.45) is 0 Å². The van der Waals surface area contributed by atoms with Gasteiger partial charge in [0.1, 0.15) is 4.90 Å². The van der Waals surface area contributed by atoms with E-state index in [4.69, 9.17) is 11.6 Å². The molecule has 2 heterocycles. The molecule has 1 fully saturated rings. The van der Waals surface area contributed by atoms with Crippen molar-refractivity contribution in [3.63, 3.8) is 0 Å². The highest BCUT2D eigenvalue weighted by Gasteiger charge is 2.30. The first-order chi connectivity index (χ1) is 10.1. The van der Waals surface area contributed by atoms with Crippen LogP contribution in [0.4, 0.5) is 0 Å². The number of sulfonamides is 1. The van der Waals surface area contributed by atoms with Gasteiger partial charge in [0, 0.05) is 33.8 Å². The van der Waals surface area contributed by atoms with Gasteiger partial charge in [-0.1, -0.05) is 18.2 Å². The molecule has 2 aromatic rings. The van der Waals surface area contributed by atoms with Gasteiger partial charge in [0.2, 0.25) is 10.0 Å². The van der Waals surface area contributed by atoms with E-state index in [0.717, 1.165) is 32.9 Å². The van der Waals surface area contributed by atoms with Crippen LogP contribution in [0.15, 0.2) is 29.2 Å².